The fourth-order valence-electron chi connectivity index (χ4n) is 4.98. The van der Waals surface area contributed by atoms with E-state index in [2.05, 4.69) is 53.4 Å². The fourth-order valence-corrected chi connectivity index (χ4v) is 4.98. The number of carbonyl (C=O) groups excluding carboxylic acids is 1. The van der Waals surface area contributed by atoms with Crippen molar-refractivity contribution in [3.05, 3.63) is 107 Å². The van der Waals surface area contributed by atoms with Crippen LogP contribution in [0, 0.1) is 0 Å². The van der Waals surface area contributed by atoms with Crippen molar-refractivity contribution in [3.63, 3.8) is 0 Å². The molecular formula is C32H37NO4. The van der Waals surface area contributed by atoms with Gasteiger partial charge in [0.25, 0.3) is 0 Å². The summed E-state index contributed by atoms with van der Waals surface area (Å²) < 4.78 is 6.09. The van der Waals surface area contributed by atoms with Crippen molar-refractivity contribution < 1.29 is 19.7 Å². The smallest absolute Gasteiger partial charge is 0.317 e. The molecule has 5 nitrogen and oxygen atoms in total. The summed E-state index contributed by atoms with van der Waals surface area (Å²) in [5, 5.41) is 19.4. The van der Waals surface area contributed by atoms with Crippen LogP contribution in [0.3, 0.4) is 0 Å². The summed E-state index contributed by atoms with van der Waals surface area (Å²) in [6.07, 6.45) is 2.48. The number of phenols is 1. The molecule has 1 fully saturated rings. The van der Waals surface area contributed by atoms with E-state index in [1.165, 1.54) is 22.3 Å². The number of piperidine rings is 1. The average Bonchev–Trinajstić information content (AvgIpc) is 2.92. The van der Waals surface area contributed by atoms with Gasteiger partial charge in [0, 0.05) is 26.1 Å². The molecule has 0 aliphatic carbocycles. The van der Waals surface area contributed by atoms with E-state index in [4.69, 9.17) is 4.74 Å². The third kappa shape index (κ3) is 6.48. The van der Waals surface area contributed by atoms with Gasteiger partial charge in [-0.2, -0.15) is 0 Å². The van der Waals surface area contributed by atoms with Crippen molar-refractivity contribution in [2.45, 2.75) is 51.2 Å². The van der Waals surface area contributed by atoms with Gasteiger partial charge in [0.1, 0.15) is 5.75 Å². The van der Waals surface area contributed by atoms with E-state index in [9.17, 15) is 15.0 Å². The average molecular weight is 500 g/mol. The third-order valence-electron chi connectivity index (χ3n) is 7.22. The zero-order valence-corrected chi connectivity index (χ0v) is 21.8. The molecule has 0 amide bonds. The molecule has 1 aliphatic rings. The monoisotopic (exact) mass is 499 g/mol. The Kier molecular flexibility index (Phi) is 8.80. The first-order chi connectivity index (χ1) is 17.9. The highest BCUT2D eigenvalue weighted by molar-refractivity contribution is 5.83. The standard InChI is InChI=1S/C32H37NO4/c1-32(2,27-15-9-16-28(35)23-27)31(36)37-29(17-10-22-34)33-20-18-26(19-21-33)30(24-11-5-3-6-12-24)25-13-7-4-8-14-25/h3-9,11-16,23,29,34-35H,10,17-22H2,1-2H3. The summed E-state index contributed by atoms with van der Waals surface area (Å²) in [4.78, 5) is 15.6. The van der Waals surface area contributed by atoms with E-state index in [-0.39, 0.29) is 18.3 Å². The summed E-state index contributed by atoms with van der Waals surface area (Å²) in [5.41, 5.74) is 4.92. The molecule has 1 unspecified atom stereocenters. The maximum Gasteiger partial charge on any atom is 0.317 e. The molecule has 1 aliphatic heterocycles. The van der Waals surface area contributed by atoms with Gasteiger partial charge in [0.15, 0.2) is 6.23 Å². The van der Waals surface area contributed by atoms with Crippen molar-refractivity contribution in [2.75, 3.05) is 19.7 Å². The maximum absolute atomic E-state index is 13.3. The normalized spacial score (nSPS) is 15.3. The number of likely N-dealkylation sites (tertiary alicyclic amines) is 1. The lowest BCUT2D eigenvalue weighted by Crippen LogP contribution is -2.45. The van der Waals surface area contributed by atoms with Gasteiger partial charge in [-0.1, -0.05) is 78.4 Å². The molecule has 2 N–H and O–H groups in total. The van der Waals surface area contributed by atoms with Gasteiger partial charge in [0.2, 0.25) is 0 Å². The first kappa shape index (κ1) is 26.6. The lowest BCUT2D eigenvalue weighted by atomic mass is 9.84. The molecule has 3 aromatic carbocycles. The number of rotatable bonds is 9. The van der Waals surface area contributed by atoms with Gasteiger partial charge in [-0.05, 0) is 67.5 Å². The number of aliphatic hydroxyl groups excluding tert-OH is 1. The van der Waals surface area contributed by atoms with Gasteiger partial charge in [-0.3, -0.25) is 9.69 Å². The Morgan fingerprint density at radius 1 is 0.919 bits per heavy atom. The SMILES string of the molecule is CC(C)(C(=O)OC(CCCO)N1CCC(=C(c2ccccc2)c2ccccc2)CC1)c1cccc(O)c1. The molecular weight excluding hydrogens is 462 g/mol. The molecule has 5 heteroatoms. The quantitative estimate of drug-likeness (QED) is 0.358. The zero-order valence-electron chi connectivity index (χ0n) is 21.8. The number of benzene rings is 3. The van der Waals surface area contributed by atoms with Crippen LogP contribution >= 0.6 is 0 Å². The molecule has 1 heterocycles. The van der Waals surface area contributed by atoms with Crippen molar-refractivity contribution in [2.24, 2.45) is 0 Å². The maximum atomic E-state index is 13.3. The number of phenolic OH excluding ortho intramolecular Hbond substituents is 1. The molecule has 194 valence electrons. The first-order valence-electron chi connectivity index (χ1n) is 13.1. The van der Waals surface area contributed by atoms with Crippen molar-refractivity contribution in [1.82, 2.24) is 4.90 Å². The summed E-state index contributed by atoms with van der Waals surface area (Å²) in [7, 11) is 0. The Morgan fingerprint density at radius 2 is 1.51 bits per heavy atom. The minimum Gasteiger partial charge on any atom is -0.508 e. The lowest BCUT2D eigenvalue weighted by Gasteiger charge is -2.37. The van der Waals surface area contributed by atoms with Crippen LogP contribution in [-0.2, 0) is 14.9 Å². The summed E-state index contributed by atoms with van der Waals surface area (Å²) >= 11 is 0. The number of hydrogen-bond donors (Lipinski definition) is 2. The summed E-state index contributed by atoms with van der Waals surface area (Å²) in [6, 6.07) is 27.8. The van der Waals surface area contributed by atoms with Gasteiger partial charge in [-0.25, -0.2) is 0 Å². The second-order valence-corrected chi connectivity index (χ2v) is 10.1. The topological polar surface area (TPSA) is 70.0 Å². The predicted molar refractivity (Wildman–Crippen MR) is 147 cm³/mol. The third-order valence-corrected chi connectivity index (χ3v) is 7.22. The number of esters is 1. The highest BCUT2D eigenvalue weighted by atomic mass is 16.6. The van der Waals surface area contributed by atoms with Gasteiger partial charge >= 0.3 is 5.97 Å². The molecule has 4 rings (SSSR count). The summed E-state index contributed by atoms with van der Waals surface area (Å²) in [6.45, 7) is 5.23. The minimum atomic E-state index is -0.912. The molecule has 1 atom stereocenters. The fraction of sp³-hybridized carbons (Fsp3) is 0.344. The first-order valence-corrected chi connectivity index (χ1v) is 13.1. The second kappa shape index (κ2) is 12.2. The molecule has 3 aromatic rings. The van der Waals surface area contributed by atoms with Crippen LogP contribution in [0.2, 0.25) is 0 Å². The highest BCUT2D eigenvalue weighted by Crippen LogP contribution is 2.34. The number of carbonyl (C=O) groups is 1. The molecule has 0 radical (unpaired) electrons. The Morgan fingerprint density at radius 3 is 2.05 bits per heavy atom. The Hall–Kier alpha value is -3.41. The number of ether oxygens (including phenoxy) is 1. The van der Waals surface area contributed by atoms with E-state index in [1.54, 1.807) is 18.2 Å². The van der Waals surface area contributed by atoms with E-state index in [0.717, 1.165) is 25.9 Å². The van der Waals surface area contributed by atoms with Crippen LogP contribution in [-0.4, -0.2) is 47.0 Å². The molecule has 0 saturated carbocycles. The van der Waals surface area contributed by atoms with Crippen LogP contribution in [0.15, 0.2) is 90.5 Å². The molecule has 0 spiro atoms. The van der Waals surface area contributed by atoms with Crippen LogP contribution in [0.4, 0.5) is 0 Å². The van der Waals surface area contributed by atoms with Crippen LogP contribution in [0.1, 0.15) is 56.2 Å². The Labute approximate surface area is 220 Å². The van der Waals surface area contributed by atoms with Crippen LogP contribution in [0.5, 0.6) is 5.75 Å². The predicted octanol–water partition coefficient (Wildman–Crippen LogP) is 5.91. The van der Waals surface area contributed by atoms with E-state index in [0.29, 0.717) is 18.4 Å². The number of nitrogens with zero attached hydrogens (tertiary/aromatic N) is 1. The van der Waals surface area contributed by atoms with Crippen molar-refractivity contribution >= 4 is 11.5 Å². The van der Waals surface area contributed by atoms with E-state index < -0.39 is 11.6 Å². The largest absolute Gasteiger partial charge is 0.508 e. The second-order valence-electron chi connectivity index (χ2n) is 10.1. The molecule has 0 aromatic heterocycles. The number of hydrogen-bond acceptors (Lipinski definition) is 5. The van der Waals surface area contributed by atoms with Crippen LogP contribution < -0.4 is 0 Å². The Bertz CT molecular complexity index is 1150. The lowest BCUT2D eigenvalue weighted by molar-refractivity contribution is -0.166. The Balaban J connectivity index is 1.53. The summed E-state index contributed by atoms with van der Waals surface area (Å²) in [5.74, 6) is -0.213. The van der Waals surface area contributed by atoms with Crippen molar-refractivity contribution in [1.29, 1.82) is 0 Å². The minimum absolute atomic E-state index is 0.0508. The zero-order chi connectivity index (χ0) is 26.3. The van der Waals surface area contributed by atoms with Crippen molar-refractivity contribution in [3.8, 4) is 5.75 Å². The number of aliphatic hydroxyl groups is 1. The van der Waals surface area contributed by atoms with E-state index >= 15 is 0 Å². The molecule has 1 saturated heterocycles. The molecule has 0 bridgehead atoms. The molecule has 37 heavy (non-hydrogen) atoms. The van der Waals surface area contributed by atoms with Gasteiger partial charge in [0.05, 0.1) is 5.41 Å². The number of aromatic hydroxyl groups is 1. The van der Waals surface area contributed by atoms with Gasteiger partial charge < -0.3 is 14.9 Å². The van der Waals surface area contributed by atoms with Crippen LogP contribution in [0.25, 0.3) is 5.57 Å². The highest BCUT2D eigenvalue weighted by Gasteiger charge is 2.35. The van der Waals surface area contributed by atoms with E-state index in [1.807, 2.05) is 32.0 Å². The van der Waals surface area contributed by atoms with Gasteiger partial charge in [-0.15, -0.1) is 0 Å².